The second-order valence-electron chi connectivity index (χ2n) is 7.40. The SMILES string of the molecule is O=C(O)CN(CCN(CC(=O)O)CC(=O)O)CCN(CC(=O)O)CC(=O)N/C=C\C(=O)OCC[N+](=O)[O-]. The molecule has 0 bridgehead atoms. The molecule has 0 heterocycles. The number of amides is 1. The normalized spacial score (nSPS) is 11.1. The first-order valence-electron chi connectivity index (χ1n) is 10.6. The first-order valence-corrected chi connectivity index (χ1v) is 10.6. The minimum atomic E-state index is -1.28. The highest BCUT2D eigenvalue weighted by atomic mass is 16.6. The molecule has 0 aliphatic carbocycles. The zero-order valence-electron chi connectivity index (χ0n) is 19.7. The topological polar surface area (TPSA) is 257 Å². The zero-order chi connectivity index (χ0) is 28.4. The van der Waals surface area contributed by atoms with E-state index in [0.717, 1.165) is 17.2 Å². The molecule has 0 aromatic rings. The maximum absolute atomic E-state index is 12.1. The van der Waals surface area contributed by atoms with Gasteiger partial charge in [-0.05, 0) is 0 Å². The molecule has 18 nitrogen and oxygen atoms in total. The summed E-state index contributed by atoms with van der Waals surface area (Å²) in [6.07, 6.45) is 1.71. The summed E-state index contributed by atoms with van der Waals surface area (Å²) in [6, 6.07) is 0. The van der Waals surface area contributed by atoms with Gasteiger partial charge in [0.05, 0.1) is 32.7 Å². The Morgan fingerprint density at radius 1 is 0.730 bits per heavy atom. The number of ether oxygens (including phenoxy) is 1. The summed E-state index contributed by atoms with van der Waals surface area (Å²) in [5.41, 5.74) is 0. The van der Waals surface area contributed by atoms with Gasteiger partial charge < -0.3 is 30.5 Å². The maximum Gasteiger partial charge on any atom is 0.332 e. The second kappa shape index (κ2) is 18.2. The van der Waals surface area contributed by atoms with E-state index in [4.69, 9.17) is 20.4 Å². The Hall–Kier alpha value is -4.16. The van der Waals surface area contributed by atoms with Crippen molar-refractivity contribution in [3.05, 3.63) is 22.4 Å². The summed E-state index contributed by atoms with van der Waals surface area (Å²) in [6.45, 7) is -4.11. The van der Waals surface area contributed by atoms with Crippen molar-refractivity contribution in [3.63, 3.8) is 0 Å². The predicted molar refractivity (Wildman–Crippen MR) is 120 cm³/mol. The van der Waals surface area contributed by atoms with Crippen LogP contribution >= 0.6 is 0 Å². The molecule has 0 aromatic heterocycles. The molecule has 0 aliphatic rings. The monoisotopic (exact) mass is 535 g/mol. The second-order valence-corrected chi connectivity index (χ2v) is 7.40. The Labute approximate surface area is 209 Å². The van der Waals surface area contributed by atoms with Gasteiger partial charge in [-0.2, -0.15) is 0 Å². The highest BCUT2D eigenvalue weighted by molar-refractivity contribution is 5.84. The number of nitrogens with one attached hydrogen (secondary N) is 1. The van der Waals surface area contributed by atoms with Gasteiger partial charge in [0.1, 0.15) is 0 Å². The lowest BCUT2D eigenvalue weighted by molar-refractivity contribution is -0.482. The van der Waals surface area contributed by atoms with Crippen LogP contribution in [0.5, 0.6) is 0 Å². The molecule has 0 radical (unpaired) electrons. The quantitative estimate of drug-likeness (QED) is 0.0417. The first-order chi connectivity index (χ1) is 17.3. The number of rotatable bonds is 21. The Bertz CT molecular complexity index is 847. The molecule has 5 N–H and O–H groups in total. The maximum atomic E-state index is 12.1. The van der Waals surface area contributed by atoms with Gasteiger partial charge in [-0.1, -0.05) is 0 Å². The van der Waals surface area contributed by atoms with Crippen LogP contribution in [0.25, 0.3) is 0 Å². The highest BCUT2D eigenvalue weighted by Gasteiger charge is 2.19. The Morgan fingerprint density at radius 3 is 1.57 bits per heavy atom. The van der Waals surface area contributed by atoms with Gasteiger partial charge in [0.25, 0.3) is 0 Å². The third-order valence-electron chi connectivity index (χ3n) is 4.25. The van der Waals surface area contributed by atoms with E-state index < -0.39 is 86.6 Å². The van der Waals surface area contributed by atoms with Crippen LogP contribution in [0.3, 0.4) is 0 Å². The molecule has 18 heteroatoms. The van der Waals surface area contributed by atoms with Crippen LogP contribution in [0.2, 0.25) is 0 Å². The third-order valence-corrected chi connectivity index (χ3v) is 4.25. The van der Waals surface area contributed by atoms with Crippen molar-refractivity contribution in [2.24, 2.45) is 0 Å². The lowest BCUT2D eigenvalue weighted by atomic mass is 10.3. The molecule has 0 atom stereocenters. The Balaban J connectivity index is 4.96. The van der Waals surface area contributed by atoms with Crippen LogP contribution in [-0.2, 0) is 33.5 Å². The fraction of sp³-hybridized carbons (Fsp3) is 0.579. The van der Waals surface area contributed by atoms with E-state index in [-0.39, 0.29) is 26.2 Å². The van der Waals surface area contributed by atoms with Gasteiger partial charge >= 0.3 is 29.8 Å². The molecular weight excluding hydrogens is 506 g/mol. The van der Waals surface area contributed by atoms with Gasteiger partial charge in [-0.3, -0.25) is 48.8 Å². The molecule has 0 unspecified atom stereocenters. The van der Waals surface area contributed by atoms with Crippen LogP contribution in [-0.4, -0.2) is 148 Å². The molecule has 0 rings (SSSR count). The molecule has 0 saturated heterocycles. The van der Waals surface area contributed by atoms with Crippen molar-refractivity contribution in [2.75, 3.05) is 72.1 Å². The molecule has 0 saturated carbocycles. The molecule has 37 heavy (non-hydrogen) atoms. The Kier molecular flexibility index (Phi) is 16.1. The number of carboxylic acids is 4. The summed E-state index contributed by atoms with van der Waals surface area (Å²) < 4.78 is 4.52. The van der Waals surface area contributed by atoms with Gasteiger partial charge in [0.2, 0.25) is 12.5 Å². The van der Waals surface area contributed by atoms with Crippen molar-refractivity contribution in [3.8, 4) is 0 Å². The summed E-state index contributed by atoms with van der Waals surface area (Å²) in [5.74, 6) is -6.74. The summed E-state index contributed by atoms with van der Waals surface area (Å²) in [7, 11) is 0. The molecule has 0 spiro atoms. The number of hydrogen-bond donors (Lipinski definition) is 5. The molecule has 0 aromatic carbocycles. The van der Waals surface area contributed by atoms with Crippen molar-refractivity contribution in [2.45, 2.75) is 0 Å². The third kappa shape index (κ3) is 19.8. The standard InChI is InChI=1S/C19H29N5O13/c25-14(20-2-1-19(34)37-8-7-24(35)36)9-22(11-16(28)29)5-3-21(10-15(26)27)4-6-23(12-17(30)31)13-18(32)33/h1-2H,3-13H2,(H,20,25)(H,26,27)(H,28,29)(H,30,31)(H,32,33)/b2-1-. The number of carboxylic acid groups (broad SMARTS) is 4. The van der Waals surface area contributed by atoms with E-state index in [1.165, 1.54) is 9.80 Å². The lowest BCUT2D eigenvalue weighted by Crippen LogP contribution is -2.46. The van der Waals surface area contributed by atoms with Crippen LogP contribution in [0.4, 0.5) is 0 Å². The lowest BCUT2D eigenvalue weighted by Gasteiger charge is -2.27. The summed E-state index contributed by atoms with van der Waals surface area (Å²) >= 11 is 0. The zero-order valence-corrected chi connectivity index (χ0v) is 19.7. The number of nitro groups is 1. The molecule has 0 aliphatic heterocycles. The van der Waals surface area contributed by atoms with E-state index >= 15 is 0 Å². The number of esters is 1. The van der Waals surface area contributed by atoms with Gasteiger partial charge in [-0.25, -0.2) is 4.79 Å². The van der Waals surface area contributed by atoms with Crippen molar-refractivity contribution in [1.82, 2.24) is 20.0 Å². The van der Waals surface area contributed by atoms with Gasteiger partial charge in [-0.15, -0.1) is 0 Å². The molecule has 208 valence electrons. The smallest absolute Gasteiger partial charge is 0.332 e. The number of nitrogens with zero attached hydrogens (tertiary/aromatic N) is 4. The van der Waals surface area contributed by atoms with Crippen LogP contribution < -0.4 is 5.32 Å². The van der Waals surface area contributed by atoms with E-state index in [2.05, 4.69) is 10.1 Å². The summed E-state index contributed by atoms with van der Waals surface area (Å²) in [4.78, 5) is 80.7. The van der Waals surface area contributed by atoms with E-state index in [1.54, 1.807) is 0 Å². The average molecular weight is 535 g/mol. The van der Waals surface area contributed by atoms with Crippen LogP contribution in [0.1, 0.15) is 0 Å². The van der Waals surface area contributed by atoms with Crippen molar-refractivity contribution in [1.29, 1.82) is 0 Å². The molecule has 0 fully saturated rings. The minimum Gasteiger partial charge on any atom is -0.480 e. The van der Waals surface area contributed by atoms with Crippen molar-refractivity contribution < 1.29 is 58.9 Å². The summed E-state index contributed by atoms with van der Waals surface area (Å²) in [5, 5.41) is 48.4. The molecular formula is C19H29N5O13. The molecule has 1 amide bonds. The largest absolute Gasteiger partial charge is 0.480 e. The first kappa shape index (κ1) is 32.8. The highest BCUT2D eigenvalue weighted by Crippen LogP contribution is 1.97. The van der Waals surface area contributed by atoms with E-state index in [1.807, 2.05) is 0 Å². The fourth-order valence-corrected chi connectivity index (χ4v) is 2.75. The number of carbonyl (C=O) groups excluding carboxylic acids is 2. The average Bonchev–Trinajstić information content (AvgIpc) is 2.73. The number of aliphatic carboxylic acids is 4. The van der Waals surface area contributed by atoms with E-state index in [0.29, 0.717) is 0 Å². The Morgan fingerprint density at radius 2 is 1.14 bits per heavy atom. The number of carbonyl (C=O) groups is 6. The van der Waals surface area contributed by atoms with Crippen LogP contribution in [0.15, 0.2) is 12.3 Å². The van der Waals surface area contributed by atoms with E-state index in [9.17, 15) is 38.9 Å². The van der Waals surface area contributed by atoms with Crippen LogP contribution in [0, 0.1) is 10.1 Å². The van der Waals surface area contributed by atoms with Crippen molar-refractivity contribution >= 4 is 35.8 Å². The fourth-order valence-electron chi connectivity index (χ4n) is 2.75. The predicted octanol–water partition coefficient (Wildman–Crippen LogP) is -3.32. The number of hydrogen-bond acceptors (Lipinski definition) is 12. The minimum absolute atomic E-state index is 0.0543. The van der Waals surface area contributed by atoms with Gasteiger partial charge in [0.15, 0.2) is 6.61 Å². The van der Waals surface area contributed by atoms with Gasteiger partial charge in [0, 0.05) is 43.4 Å².